The summed E-state index contributed by atoms with van der Waals surface area (Å²) in [5.74, 6) is 0. The second-order valence-electron chi connectivity index (χ2n) is 12.1. The molecular formula is C22H37ClF6N2O4Si. The Labute approximate surface area is 215 Å². The summed E-state index contributed by atoms with van der Waals surface area (Å²) in [6.07, 6.45) is -7.98. The zero-order valence-electron chi connectivity index (χ0n) is 21.3. The molecule has 4 saturated heterocycles. The molecule has 4 bridgehead atoms. The number of hydrogen-bond acceptors (Lipinski definition) is 5. The number of carbonyl (C=O) groups excluding carboxylic acids is 1. The molecular weight excluding hydrogens is 534 g/mol. The number of amides is 1. The van der Waals surface area contributed by atoms with Gasteiger partial charge >= 0.3 is 18.4 Å². The van der Waals surface area contributed by atoms with E-state index in [9.17, 15) is 36.2 Å². The molecule has 212 valence electrons. The van der Waals surface area contributed by atoms with Crippen molar-refractivity contribution in [3.63, 3.8) is 0 Å². The van der Waals surface area contributed by atoms with Gasteiger partial charge in [-0.1, -0.05) is 0 Å². The number of nitrogens with zero attached hydrogens (tertiary/aromatic N) is 1. The first kappa shape index (κ1) is 31.5. The predicted molar refractivity (Wildman–Crippen MR) is 126 cm³/mol. The van der Waals surface area contributed by atoms with E-state index in [4.69, 9.17) is 9.16 Å². The van der Waals surface area contributed by atoms with Gasteiger partial charge in [-0.25, -0.2) is 4.79 Å². The molecule has 0 saturated carbocycles. The van der Waals surface area contributed by atoms with E-state index < -0.39 is 61.7 Å². The number of aliphatic hydroxyl groups is 1. The third-order valence-electron chi connectivity index (χ3n) is 7.02. The number of ether oxygens (including phenoxy) is 1. The van der Waals surface area contributed by atoms with Crippen molar-refractivity contribution in [1.82, 2.24) is 10.2 Å². The predicted octanol–water partition coefficient (Wildman–Crippen LogP) is 5.54. The van der Waals surface area contributed by atoms with Crippen molar-refractivity contribution in [2.24, 2.45) is 0 Å². The number of carbonyl (C=O) groups is 1. The summed E-state index contributed by atoms with van der Waals surface area (Å²) in [6, 6.07) is -2.37. The lowest BCUT2D eigenvalue weighted by Crippen LogP contribution is -2.60. The first-order valence-corrected chi connectivity index (χ1v) is 15.3. The van der Waals surface area contributed by atoms with Crippen molar-refractivity contribution in [1.29, 1.82) is 0 Å². The molecule has 36 heavy (non-hydrogen) atoms. The van der Waals surface area contributed by atoms with Crippen LogP contribution in [-0.4, -0.2) is 77.7 Å². The Kier molecular flexibility index (Phi) is 8.53. The Morgan fingerprint density at radius 1 is 0.972 bits per heavy atom. The summed E-state index contributed by atoms with van der Waals surface area (Å²) in [4.78, 5) is 13.7. The number of hydrogen-bond donors (Lipinski definition) is 2. The lowest BCUT2D eigenvalue weighted by molar-refractivity contribution is -0.265. The minimum Gasteiger partial charge on any atom is -0.444 e. The highest BCUT2D eigenvalue weighted by atomic mass is 35.5. The van der Waals surface area contributed by atoms with E-state index in [0.717, 1.165) is 6.42 Å². The van der Waals surface area contributed by atoms with Crippen LogP contribution in [0.25, 0.3) is 0 Å². The number of fused-ring (bicyclic) bond motifs is 4. The van der Waals surface area contributed by atoms with Crippen molar-refractivity contribution >= 4 is 26.8 Å². The van der Waals surface area contributed by atoms with E-state index in [0.29, 0.717) is 19.3 Å². The molecule has 4 heterocycles. The summed E-state index contributed by atoms with van der Waals surface area (Å²) < 4.78 is 89.6. The van der Waals surface area contributed by atoms with Crippen LogP contribution >= 0.6 is 12.4 Å². The number of nitrogens with one attached hydrogen (secondary N) is 1. The minimum absolute atomic E-state index is 0. The van der Waals surface area contributed by atoms with Crippen LogP contribution in [0.3, 0.4) is 0 Å². The van der Waals surface area contributed by atoms with Gasteiger partial charge in [-0.15, -0.1) is 12.4 Å². The normalized spacial score (nSPS) is 35.9. The third-order valence-corrected chi connectivity index (χ3v) is 7.99. The Morgan fingerprint density at radius 2 is 1.56 bits per heavy atom. The van der Waals surface area contributed by atoms with Crippen LogP contribution in [0, 0.1) is 0 Å². The summed E-state index contributed by atoms with van der Waals surface area (Å²) >= 11 is 0. The summed E-state index contributed by atoms with van der Waals surface area (Å²) in [5.41, 5.74) is -5.45. The Morgan fingerprint density at radius 3 is 1.92 bits per heavy atom. The molecule has 0 aromatic heterocycles. The summed E-state index contributed by atoms with van der Waals surface area (Å²) in [7, 11) is -2.45. The minimum atomic E-state index is -4.51. The highest BCUT2D eigenvalue weighted by Crippen LogP contribution is 2.55. The highest BCUT2D eigenvalue weighted by Gasteiger charge is 2.71. The van der Waals surface area contributed by atoms with Crippen molar-refractivity contribution in [2.75, 3.05) is 0 Å². The lowest BCUT2D eigenvalue weighted by Gasteiger charge is -2.42. The van der Waals surface area contributed by atoms with Crippen molar-refractivity contribution < 1.29 is 45.4 Å². The fourth-order valence-electron chi connectivity index (χ4n) is 5.82. The number of alkyl halides is 6. The van der Waals surface area contributed by atoms with Gasteiger partial charge in [-0.3, -0.25) is 4.90 Å². The van der Waals surface area contributed by atoms with Gasteiger partial charge in [-0.05, 0) is 66.1 Å². The molecule has 14 heteroatoms. The maximum Gasteiger partial charge on any atom is 0.418 e. The average molecular weight is 571 g/mol. The smallest absolute Gasteiger partial charge is 0.418 e. The van der Waals surface area contributed by atoms with Gasteiger partial charge in [0.25, 0.3) is 0 Å². The molecule has 4 aliphatic rings. The van der Waals surface area contributed by atoms with Gasteiger partial charge in [0.05, 0.1) is 6.04 Å². The fourth-order valence-corrected chi connectivity index (χ4v) is 7.25. The Hall–Kier alpha value is -0.763. The molecule has 0 radical (unpaired) electrons. The topological polar surface area (TPSA) is 71.0 Å². The summed E-state index contributed by atoms with van der Waals surface area (Å²) in [6.45, 7) is 10.3. The number of halogens is 7. The molecule has 4 rings (SSSR count). The average Bonchev–Trinajstić information content (AvgIpc) is 3.36. The lowest BCUT2D eigenvalue weighted by atomic mass is 9.84. The largest absolute Gasteiger partial charge is 0.444 e. The maximum absolute atomic E-state index is 13.9. The molecule has 0 spiro atoms. The van der Waals surface area contributed by atoms with Gasteiger partial charge in [0, 0.05) is 31.0 Å². The van der Waals surface area contributed by atoms with Gasteiger partial charge in [0.15, 0.2) is 19.5 Å². The van der Waals surface area contributed by atoms with Crippen LogP contribution in [0.2, 0.25) is 19.6 Å². The number of rotatable bonds is 2. The van der Waals surface area contributed by atoms with Crippen LogP contribution in [-0.2, 0) is 9.16 Å². The van der Waals surface area contributed by atoms with Gasteiger partial charge in [0.2, 0.25) is 0 Å². The van der Waals surface area contributed by atoms with Gasteiger partial charge in [0.1, 0.15) is 5.60 Å². The second-order valence-corrected chi connectivity index (χ2v) is 16.5. The van der Waals surface area contributed by atoms with Crippen molar-refractivity contribution in [3.8, 4) is 0 Å². The van der Waals surface area contributed by atoms with E-state index in [1.165, 1.54) is 4.90 Å². The van der Waals surface area contributed by atoms with Crippen molar-refractivity contribution in [3.05, 3.63) is 0 Å². The molecule has 1 amide bonds. The Balaban J connectivity index is 0.000000294. The van der Waals surface area contributed by atoms with Gasteiger partial charge in [-0.2, -0.15) is 26.3 Å². The van der Waals surface area contributed by atoms with Crippen molar-refractivity contribution in [2.45, 2.75) is 132 Å². The van der Waals surface area contributed by atoms with E-state index in [1.807, 2.05) is 0 Å². The molecule has 2 N–H and O–H groups in total. The SMILES string of the molecule is CC(C)(C)OC(=O)N1[C@H]2CC[C@@H]1[C@@](O[Si](C)(C)C)(C(F)(F)F)C2.Cl.O[C@]1(C(F)(F)F)C[C@@H]2CC[C@H]1N2. The van der Waals surface area contributed by atoms with Crippen LogP contribution in [0.4, 0.5) is 31.1 Å². The van der Waals surface area contributed by atoms with E-state index in [2.05, 4.69) is 5.32 Å². The maximum atomic E-state index is 13.9. The molecule has 4 aliphatic heterocycles. The second kappa shape index (κ2) is 9.76. The fraction of sp³-hybridized carbons (Fsp3) is 0.955. The van der Waals surface area contributed by atoms with E-state index >= 15 is 0 Å². The highest BCUT2D eigenvalue weighted by molar-refractivity contribution is 6.69. The zero-order chi connectivity index (χ0) is 26.8. The molecule has 0 aliphatic carbocycles. The molecule has 4 fully saturated rings. The molecule has 0 aromatic rings. The third kappa shape index (κ3) is 5.94. The summed E-state index contributed by atoms with van der Waals surface area (Å²) in [5, 5.41) is 12.1. The quantitative estimate of drug-likeness (QED) is 0.337. The molecule has 0 aromatic carbocycles. The van der Waals surface area contributed by atoms with Crippen LogP contribution in [0.1, 0.15) is 59.3 Å². The van der Waals surface area contributed by atoms with Crippen LogP contribution < -0.4 is 5.32 Å². The monoisotopic (exact) mass is 570 g/mol. The van der Waals surface area contributed by atoms with Crippen LogP contribution in [0.5, 0.6) is 0 Å². The van der Waals surface area contributed by atoms with Crippen LogP contribution in [0.15, 0.2) is 0 Å². The van der Waals surface area contributed by atoms with E-state index in [1.54, 1.807) is 40.4 Å². The molecule has 6 atom stereocenters. The molecule has 6 nitrogen and oxygen atoms in total. The Bertz CT molecular complexity index is 818. The van der Waals surface area contributed by atoms with Gasteiger partial charge < -0.3 is 19.6 Å². The first-order chi connectivity index (χ1) is 15.6. The molecule has 0 unspecified atom stereocenters. The standard InChI is InChI=1S/C15H26F3NO3Si.C7H10F3NO.ClH/c1-13(2,3)21-12(20)19-10-7-8-11(19)14(9-10,15(16,17)18)22-23(4,5)6;8-7(9,10)6(12)3-4-1-2-5(6)11-4;/h10-11H,7-9H2,1-6H3;4-5,11-12H,1-3H2;1H/t10-,11+,14+;4-,5+,6+;/m00./s1. The van der Waals surface area contributed by atoms with E-state index in [-0.39, 0.29) is 31.3 Å². The first-order valence-electron chi connectivity index (χ1n) is 11.9. The zero-order valence-corrected chi connectivity index (χ0v) is 23.2.